The second-order valence-corrected chi connectivity index (χ2v) is 4.03. The molecule has 1 atom stereocenters. The number of hydrogen-bond acceptors (Lipinski definition) is 6. The fourth-order valence-corrected chi connectivity index (χ4v) is 1.56. The molecule has 18 heavy (non-hydrogen) atoms. The van der Waals surface area contributed by atoms with Crippen molar-refractivity contribution in [1.82, 2.24) is 9.97 Å². The van der Waals surface area contributed by atoms with Crippen LogP contribution in [0.3, 0.4) is 0 Å². The van der Waals surface area contributed by atoms with E-state index in [2.05, 4.69) is 27.5 Å². The number of methoxy groups -OCH3 is 2. The monoisotopic (exact) mass is 254 g/mol. The molecule has 0 aliphatic rings. The van der Waals surface area contributed by atoms with Gasteiger partial charge in [-0.3, -0.25) is 0 Å². The van der Waals surface area contributed by atoms with E-state index in [-0.39, 0.29) is 6.04 Å². The van der Waals surface area contributed by atoms with E-state index in [1.807, 2.05) is 6.92 Å². The normalized spacial score (nSPS) is 12.0. The minimum absolute atomic E-state index is 0.151. The Morgan fingerprint density at radius 3 is 2.61 bits per heavy atom. The smallest absolute Gasteiger partial charge is 0.204 e. The maximum atomic E-state index is 5.36. The van der Waals surface area contributed by atoms with Gasteiger partial charge in [-0.25, -0.2) is 9.97 Å². The molecule has 6 nitrogen and oxygen atoms in total. The number of nitrogens with one attached hydrogen (secondary N) is 2. The predicted molar refractivity (Wildman–Crippen MR) is 72.3 cm³/mol. The second-order valence-electron chi connectivity index (χ2n) is 4.03. The van der Waals surface area contributed by atoms with Gasteiger partial charge in [0.1, 0.15) is 6.33 Å². The van der Waals surface area contributed by atoms with Gasteiger partial charge < -0.3 is 20.1 Å². The van der Waals surface area contributed by atoms with E-state index in [0.29, 0.717) is 24.0 Å². The highest BCUT2D eigenvalue weighted by atomic mass is 16.5. The molecule has 6 heteroatoms. The largest absolute Gasteiger partial charge is 0.490 e. The summed E-state index contributed by atoms with van der Waals surface area (Å²) in [4.78, 5) is 8.38. The van der Waals surface area contributed by atoms with E-state index >= 15 is 0 Å². The van der Waals surface area contributed by atoms with Gasteiger partial charge in [0.2, 0.25) is 5.75 Å². The van der Waals surface area contributed by atoms with Gasteiger partial charge in [0.05, 0.1) is 13.7 Å². The molecular formula is C12H22N4O2. The first-order valence-electron chi connectivity index (χ1n) is 6.11. The van der Waals surface area contributed by atoms with Crippen LogP contribution in [-0.2, 0) is 4.74 Å². The van der Waals surface area contributed by atoms with Gasteiger partial charge >= 0.3 is 0 Å². The van der Waals surface area contributed by atoms with Crippen LogP contribution in [0.15, 0.2) is 6.33 Å². The predicted octanol–water partition coefficient (Wildman–Crippen LogP) is 1.75. The van der Waals surface area contributed by atoms with Crippen LogP contribution in [0.1, 0.15) is 20.3 Å². The molecule has 1 aromatic heterocycles. The van der Waals surface area contributed by atoms with Crippen LogP contribution in [0, 0.1) is 0 Å². The van der Waals surface area contributed by atoms with Crippen molar-refractivity contribution >= 4 is 11.6 Å². The Hall–Kier alpha value is -1.56. The first-order chi connectivity index (χ1) is 8.72. The van der Waals surface area contributed by atoms with E-state index < -0.39 is 0 Å². The molecule has 0 aromatic carbocycles. The summed E-state index contributed by atoms with van der Waals surface area (Å²) >= 11 is 0. The van der Waals surface area contributed by atoms with E-state index in [0.717, 1.165) is 13.0 Å². The summed E-state index contributed by atoms with van der Waals surface area (Å²) in [7, 11) is 3.28. The maximum Gasteiger partial charge on any atom is 0.204 e. The Bertz CT molecular complexity index is 360. The van der Waals surface area contributed by atoms with Crippen molar-refractivity contribution in [2.24, 2.45) is 0 Å². The number of anilines is 2. The van der Waals surface area contributed by atoms with E-state index in [9.17, 15) is 0 Å². The molecule has 0 fully saturated rings. The quantitative estimate of drug-likeness (QED) is 0.736. The van der Waals surface area contributed by atoms with Crippen molar-refractivity contribution in [2.45, 2.75) is 26.3 Å². The van der Waals surface area contributed by atoms with Crippen LogP contribution in [0.25, 0.3) is 0 Å². The van der Waals surface area contributed by atoms with Gasteiger partial charge in [-0.1, -0.05) is 6.92 Å². The fourth-order valence-electron chi connectivity index (χ4n) is 1.56. The van der Waals surface area contributed by atoms with E-state index in [1.54, 1.807) is 14.2 Å². The fraction of sp³-hybridized carbons (Fsp3) is 0.667. The lowest BCUT2D eigenvalue weighted by Crippen LogP contribution is -2.22. The Kier molecular flexibility index (Phi) is 6.21. The highest BCUT2D eigenvalue weighted by Gasteiger charge is 2.13. The molecule has 0 aliphatic heterocycles. The standard InChI is InChI=1S/C12H22N4O2/c1-5-6-13-11-10(18-4)12(15-8-14-11)16-9(2)7-17-3/h8-9H,5-7H2,1-4H3,(H2,13,14,15,16). The Morgan fingerprint density at radius 1 is 1.28 bits per heavy atom. The zero-order valence-corrected chi connectivity index (χ0v) is 11.5. The van der Waals surface area contributed by atoms with Crippen LogP contribution in [0.2, 0.25) is 0 Å². The molecule has 102 valence electrons. The van der Waals surface area contributed by atoms with Gasteiger partial charge in [-0.05, 0) is 13.3 Å². The molecule has 0 aliphatic carbocycles. The minimum Gasteiger partial charge on any atom is -0.490 e. The molecule has 0 amide bonds. The minimum atomic E-state index is 0.151. The highest BCUT2D eigenvalue weighted by molar-refractivity contribution is 5.63. The third kappa shape index (κ3) is 4.03. The molecule has 0 spiro atoms. The van der Waals surface area contributed by atoms with Crippen LogP contribution in [0.5, 0.6) is 5.75 Å². The maximum absolute atomic E-state index is 5.36. The summed E-state index contributed by atoms with van der Waals surface area (Å²) in [6.07, 6.45) is 2.54. The van der Waals surface area contributed by atoms with Crippen LogP contribution < -0.4 is 15.4 Å². The third-order valence-electron chi connectivity index (χ3n) is 2.35. The first kappa shape index (κ1) is 14.5. The van der Waals surface area contributed by atoms with E-state index in [1.165, 1.54) is 6.33 Å². The van der Waals surface area contributed by atoms with Gasteiger partial charge in [-0.2, -0.15) is 0 Å². The zero-order valence-electron chi connectivity index (χ0n) is 11.5. The molecule has 0 saturated carbocycles. The van der Waals surface area contributed by atoms with Crippen LogP contribution in [-0.4, -0.2) is 43.4 Å². The van der Waals surface area contributed by atoms with Gasteiger partial charge in [0, 0.05) is 19.7 Å². The second kappa shape index (κ2) is 7.71. The Morgan fingerprint density at radius 2 is 2.00 bits per heavy atom. The molecule has 0 bridgehead atoms. The van der Waals surface area contributed by atoms with Crippen molar-refractivity contribution in [2.75, 3.05) is 38.0 Å². The molecule has 0 saturated heterocycles. The number of ether oxygens (including phenoxy) is 2. The number of aromatic nitrogens is 2. The lowest BCUT2D eigenvalue weighted by molar-refractivity contribution is 0.190. The average Bonchev–Trinajstić information content (AvgIpc) is 2.36. The Labute approximate surface area is 108 Å². The summed E-state index contributed by atoms with van der Waals surface area (Å²) in [6, 6.07) is 0.151. The van der Waals surface area contributed by atoms with E-state index in [4.69, 9.17) is 9.47 Å². The van der Waals surface area contributed by atoms with Crippen molar-refractivity contribution in [1.29, 1.82) is 0 Å². The number of hydrogen-bond donors (Lipinski definition) is 2. The summed E-state index contributed by atoms with van der Waals surface area (Å²) < 4.78 is 10.4. The molecule has 1 unspecified atom stereocenters. The van der Waals surface area contributed by atoms with Crippen molar-refractivity contribution in [3.63, 3.8) is 0 Å². The topological polar surface area (TPSA) is 68.3 Å². The molecular weight excluding hydrogens is 232 g/mol. The summed E-state index contributed by atoms with van der Waals surface area (Å²) in [5, 5.41) is 6.45. The summed E-state index contributed by atoms with van der Waals surface area (Å²) in [6.45, 7) is 5.57. The van der Waals surface area contributed by atoms with Crippen LogP contribution in [0.4, 0.5) is 11.6 Å². The lowest BCUT2D eigenvalue weighted by Gasteiger charge is -2.17. The average molecular weight is 254 g/mol. The van der Waals surface area contributed by atoms with Crippen molar-refractivity contribution in [3.8, 4) is 5.75 Å². The van der Waals surface area contributed by atoms with Crippen molar-refractivity contribution in [3.05, 3.63) is 6.33 Å². The lowest BCUT2D eigenvalue weighted by atomic mass is 10.3. The number of nitrogens with zero attached hydrogens (tertiary/aromatic N) is 2. The summed E-state index contributed by atoms with van der Waals surface area (Å²) in [5.74, 6) is 2.02. The SMILES string of the molecule is CCCNc1ncnc(NC(C)COC)c1OC. The molecule has 1 aromatic rings. The van der Waals surface area contributed by atoms with Gasteiger partial charge in [0.25, 0.3) is 0 Å². The zero-order chi connectivity index (χ0) is 13.4. The summed E-state index contributed by atoms with van der Waals surface area (Å²) in [5.41, 5.74) is 0. The number of rotatable bonds is 8. The van der Waals surface area contributed by atoms with Gasteiger partial charge in [0.15, 0.2) is 11.6 Å². The highest BCUT2D eigenvalue weighted by Crippen LogP contribution is 2.29. The first-order valence-corrected chi connectivity index (χ1v) is 6.11. The Balaban J connectivity index is 2.83. The van der Waals surface area contributed by atoms with Crippen LogP contribution >= 0.6 is 0 Å². The van der Waals surface area contributed by atoms with Gasteiger partial charge in [-0.15, -0.1) is 0 Å². The molecule has 1 heterocycles. The molecule has 0 radical (unpaired) electrons. The third-order valence-corrected chi connectivity index (χ3v) is 2.35. The molecule has 2 N–H and O–H groups in total. The molecule has 1 rings (SSSR count). The van der Waals surface area contributed by atoms with Crippen molar-refractivity contribution < 1.29 is 9.47 Å².